The van der Waals surface area contributed by atoms with Crippen LogP contribution in [0.4, 0.5) is 0 Å². The third-order valence-corrected chi connectivity index (χ3v) is 5.31. The zero-order chi connectivity index (χ0) is 14.7. The van der Waals surface area contributed by atoms with E-state index in [-0.39, 0.29) is 0 Å². The van der Waals surface area contributed by atoms with Gasteiger partial charge in [-0.25, -0.2) is 0 Å². The van der Waals surface area contributed by atoms with Crippen LogP contribution in [-0.2, 0) is 13.0 Å². The van der Waals surface area contributed by atoms with Gasteiger partial charge in [-0.2, -0.15) is 0 Å². The average Bonchev–Trinajstić information content (AvgIpc) is 2.95. The average molecular weight is 300 g/mol. The molecule has 1 aromatic carbocycles. The molecular weight excluding hydrogens is 276 g/mol. The van der Waals surface area contributed by atoms with E-state index in [9.17, 15) is 0 Å². The minimum absolute atomic E-state index is 0.481. The van der Waals surface area contributed by atoms with E-state index in [4.69, 9.17) is 0 Å². The fourth-order valence-corrected chi connectivity index (χ4v) is 4.17. The van der Waals surface area contributed by atoms with Gasteiger partial charge >= 0.3 is 0 Å². The molecule has 3 heteroatoms. The topological polar surface area (TPSA) is 15.3 Å². The van der Waals surface area contributed by atoms with Crippen molar-refractivity contribution < 1.29 is 0 Å². The standard InChI is InChI=1S/C18H24N2S/c1-3-15-9-10-21-18(15)13-20-12-14(2)19-11-17(20)16-7-5-4-6-8-16/h4-10,14,17,19H,3,11-13H2,1-2H3. The molecule has 0 saturated carbocycles. The maximum absolute atomic E-state index is 3.63. The first-order valence-corrected chi connectivity index (χ1v) is 8.73. The summed E-state index contributed by atoms with van der Waals surface area (Å²) >= 11 is 1.90. The first-order chi connectivity index (χ1) is 10.3. The van der Waals surface area contributed by atoms with Gasteiger partial charge in [-0.3, -0.25) is 4.90 Å². The van der Waals surface area contributed by atoms with E-state index in [0.717, 1.165) is 26.1 Å². The number of nitrogens with one attached hydrogen (secondary N) is 1. The van der Waals surface area contributed by atoms with Crippen molar-refractivity contribution in [3.63, 3.8) is 0 Å². The summed E-state index contributed by atoms with van der Waals surface area (Å²) in [5.41, 5.74) is 2.93. The molecule has 2 nitrogen and oxygen atoms in total. The van der Waals surface area contributed by atoms with Crippen molar-refractivity contribution in [1.82, 2.24) is 10.2 Å². The van der Waals surface area contributed by atoms with Gasteiger partial charge < -0.3 is 5.32 Å². The SMILES string of the molecule is CCc1ccsc1CN1CC(C)NCC1c1ccccc1. The van der Waals surface area contributed by atoms with E-state index in [1.165, 1.54) is 16.0 Å². The van der Waals surface area contributed by atoms with Crippen LogP contribution in [0.2, 0.25) is 0 Å². The molecule has 2 aromatic rings. The molecule has 21 heavy (non-hydrogen) atoms. The summed E-state index contributed by atoms with van der Waals surface area (Å²) in [7, 11) is 0. The Morgan fingerprint density at radius 1 is 1.24 bits per heavy atom. The summed E-state index contributed by atoms with van der Waals surface area (Å²) in [5.74, 6) is 0. The lowest BCUT2D eigenvalue weighted by molar-refractivity contribution is 0.128. The number of nitrogens with zero attached hydrogens (tertiary/aromatic N) is 1. The zero-order valence-corrected chi connectivity index (χ0v) is 13.7. The van der Waals surface area contributed by atoms with Crippen molar-refractivity contribution in [2.75, 3.05) is 13.1 Å². The fourth-order valence-electron chi connectivity index (χ4n) is 3.17. The van der Waals surface area contributed by atoms with Gasteiger partial charge in [-0.15, -0.1) is 11.3 Å². The maximum Gasteiger partial charge on any atom is 0.0477 e. The minimum atomic E-state index is 0.481. The summed E-state index contributed by atoms with van der Waals surface area (Å²) in [6.45, 7) is 7.76. The number of thiophene rings is 1. The molecule has 1 aromatic heterocycles. The molecule has 3 rings (SSSR count). The van der Waals surface area contributed by atoms with Crippen LogP contribution in [0.3, 0.4) is 0 Å². The molecule has 1 fully saturated rings. The monoisotopic (exact) mass is 300 g/mol. The number of rotatable bonds is 4. The molecule has 2 heterocycles. The molecule has 0 bridgehead atoms. The quantitative estimate of drug-likeness (QED) is 0.923. The molecule has 0 radical (unpaired) electrons. The first kappa shape index (κ1) is 14.8. The van der Waals surface area contributed by atoms with Gasteiger partial charge in [-0.1, -0.05) is 37.3 Å². The number of hydrogen-bond acceptors (Lipinski definition) is 3. The largest absolute Gasteiger partial charge is 0.311 e. The number of hydrogen-bond donors (Lipinski definition) is 1. The van der Waals surface area contributed by atoms with E-state index in [2.05, 4.69) is 65.8 Å². The molecule has 0 amide bonds. The van der Waals surface area contributed by atoms with Crippen molar-refractivity contribution in [2.45, 2.75) is 38.9 Å². The fraction of sp³-hybridized carbons (Fsp3) is 0.444. The molecule has 0 aliphatic carbocycles. The van der Waals surface area contributed by atoms with E-state index in [1.807, 2.05) is 11.3 Å². The third-order valence-electron chi connectivity index (χ3n) is 4.36. The van der Waals surface area contributed by atoms with Crippen molar-refractivity contribution in [3.8, 4) is 0 Å². The number of aryl methyl sites for hydroxylation is 1. The number of piperazine rings is 1. The highest BCUT2D eigenvalue weighted by molar-refractivity contribution is 7.10. The second-order valence-corrected chi connectivity index (χ2v) is 6.89. The molecule has 1 N–H and O–H groups in total. The van der Waals surface area contributed by atoms with Crippen LogP contribution in [0.5, 0.6) is 0 Å². The van der Waals surface area contributed by atoms with E-state index in [1.54, 1.807) is 0 Å². The second kappa shape index (κ2) is 6.73. The van der Waals surface area contributed by atoms with Gasteiger partial charge in [-0.05, 0) is 35.9 Å². The second-order valence-electron chi connectivity index (χ2n) is 5.89. The van der Waals surface area contributed by atoms with Crippen molar-refractivity contribution >= 4 is 11.3 Å². The molecule has 1 saturated heterocycles. The Morgan fingerprint density at radius 3 is 2.81 bits per heavy atom. The van der Waals surface area contributed by atoms with Crippen LogP contribution in [0.15, 0.2) is 41.8 Å². The van der Waals surface area contributed by atoms with E-state index < -0.39 is 0 Å². The molecule has 0 spiro atoms. The molecule has 1 aliphatic heterocycles. The van der Waals surface area contributed by atoms with E-state index in [0.29, 0.717) is 12.1 Å². The van der Waals surface area contributed by atoms with E-state index >= 15 is 0 Å². The Hall–Kier alpha value is -1.16. The van der Waals surface area contributed by atoms with Gasteiger partial charge in [0.2, 0.25) is 0 Å². The van der Waals surface area contributed by atoms with Crippen LogP contribution in [0.1, 0.15) is 35.9 Å². The highest BCUT2D eigenvalue weighted by atomic mass is 32.1. The van der Waals surface area contributed by atoms with Crippen LogP contribution < -0.4 is 5.32 Å². The smallest absolute Gasteiger partial charge is 0.0477 e. The molecule has 2 atom stereocenters. The Labute approximate surface area is 131 Å². The van der Waals surface area contributed by atoms with Crippen LogP contribution >= 0.6 is 11.3 Å². The highest BCUT2D eigenvalue weighted by Gasteiger charge is 2.27. The van der Waals surface area contributed by atoms with Gasteiger partial charge in [0, 0.05) is 36.6 Å². The van der Waals surface area contributed by atoms with Crippen molar-refractivity contribution in [1.29, 1.82) is 0 Å². The lowest BCUT2D eigenvalue weighted by atomic mass is 10.0. The van der Waals surface area contributed by atoms with Crippen LogP contribution in [0.25, 0.3) is 0 Å². The molecule has 112 valence electrons. The number of benzene rings is 1. The summed E-state index contributed by atoms with van der Waals surface area (Å²) in [6, 6.07) is 14.2. The van der Waals surface area contributed by atoms with Gasteiger partial charge in [0.1, 0.15) is 0 Å². The summed E-state index contributed by atoms with van der Waals surface area (Å²) < 4.78 is 0. The highest BCUT2D eigenvalue weighted by Crippen LogP contribution is 2.28. The van der Waals surface area contributed by atoms with Crippen molar-refractivity contribution in [3.05, 3.63) is 57.8 Å². The summed E-state index contributed by atoms with van der Waals surface area (Å²) in [4.78, 5) is 4.18. The Balaban J connectivity index is 1.82. The van der Waals surface area contributed by atoms with Crippen LogP contribution in [-0.4, -0.2) is 24.0 Å². The Bertz CT molecular complexity index is 564. The zero-order valence-electron chi connectivity index (χ0n) is 12.9. The molecule has 2 unspecified atom stereocenters. The maximum atomic E-state index is 3.63. The first-order valence-electron chi connectivity index (χ1n) is 7.85. The van der Waals surface area contributed by atoms with Crippen LogP contribution in [0, 0.1) is 0 Å². The van der Waals surface area contributed by atoms with Crippen molar-refractivity contribution in [2.24, 2.45) is 0 Å². The summed E-state index contributed by atoms with van der Waals surface area (Å²) in [5, 5.41) is 5.86. The Kier molecular flexibility index (Phi) is 4.73. The third kappa shape index (κ3) is 3.37. The normalized spacial score (nSPS) is 23.3. The van der Waals surface area contributed by atoms with Gasteiger partial charge in [0.05, 0.1) is 0 Å². The lowest BCUT2D eigenvalue weighted by Gasteiger charge is -2.39. The lowest BCUT2D eigenvalue weighted by Crippen LogP contribution is -2.50. The summed E-state index contributed by atoms with van der Waals surface area (Å²) in [6.07, 6.45) is 1.14. The van der Waals surface area contributed by atoms with Gasteiger partial charge in [0.15, 0.2) is 0 Å². The predicted molar refractivity (Wildman–Crippen MR) is 90.8 cm³/mol. The van der Waals surface area contributed by atoms with Gasteiger partial charge in [0.25, 0.3) is 0 Å². The minimum Gasteiger partial charge on any atom is -0.311 e. The predicted octanol–water partition coefficient (Wildman–Crippen LogP) is 3.85. The molecule has 1 aliphatic rings. The Morgan fingerprint density at radius 2 is 2.05 bits per heavy atom. The molecular formula is C18H24N2S.